The van der Waals surface area contributed by atoms with Gasteiger partial charge in [0, 0.05) is 18.8 Å². The van der Waals surface area contributed by atoms with Crippen LogP contribution in [0.3, 0.4) is 0 Å². The second kappa shape index (κ2) is 10.9. The van der Waals surface area contributed by atoms with E-state index in [2.05, 4.69) is 11.1 Å². The Morgan fingerprint density at radius 2 is 1.97 bits per heavy atom. The van der Waals surface area contributed by atoms with Crippen molar-refractivity contribution in [2.45, 2.75) is 53.0 Å². The monoisotopic (exact) mass is 511 g/mol. The second-order valence-corrected chi connectivity index (χ2v) is 10.2. The highest BCUT2D eigenvalue weighted by Gasteiger charge is 2.42. The molecule has 0 saturated carbocycles. The first-order chi connectivity index (χ1) is 17.2. The highest BCUT2D eigenvalue weighted by atomic mass is 32.2. The summed E-state index contributed by atoms with van der Waals surface area (Å²) < 4.78 is 10.3. The van der Waals surface area contributed by atoms with Crippen molar-refractivity contribution in [3.63, 3.8) is 0 Å². The van der Waals surface area contributed by atoms with Crippen molar-refractivity contribution < 1.29 is 23.9 Å². The minimum atomic E-state index is -0.451. The van der Waals surface area contributed by atoms with Gasteiger partial charge in [-0.25, -0.2) is 9.79 Å². The number of esters is 2. The molecule has 1 amide bonds. The third-order valence-electron chi connectivity index (χ3n) is 6.85. The lowest BCUT2D eigenvalue weighted by Crippen LogP contribution is -2.44. The molecule has 2 unspecified atom stereocenters. The zero-order valence-corrected chi connectivity index (χ0v) is 22.3. The Balaban J connectivity index is 1.62. The van der Waals surface area contributed by atoms with Crippen molar-refractivity contribution in [3.05, 3.63) is 57.3 Å². The number of methoxy groups -OCH3 is 1. The van der Waals surface area contributed by atoms with Crippen LogP contribution in [0.1, 0.15) is 55.8 Å². The molecule has 0 bridgehead atoms. The molecule has 2 atom stereocenters. The molecular weight excluding hydrogens is 478 g/mol. The minimum absolute atomic E-state index is 0.0534. The fourth-order valence-electron chi connectivity index (χ4n) is 5.09. The predicted octanol–water partition coefficient (Wildman–Crippen LogP) is 4.24. The van der Waals surface area contributed by atoms with Crippen LogP contribution in [0.4, 0.5) is 0 Å². The molecule has 0 radical (unpaired) electrons. The number of hydrogen-bond acceptors (Lipinski definition) is 8. The maximum atomic E-state index is 13.4. The number of ether oxygens (including phenoxy) is 2. The topological polar surface area (TPSA) is 88.5 Å². The molecule has 3 aliphatic rings. The molecule has 1 fully saturated rings. The molecule has 36 heavy (non-hydrogen) atoms. The zero-order valence-electron chi connectivity index (χ0n) is 21.5. The molecule has 9 heteroatoms. The van der Waals surface area contributed by atoms with Crippen LogP contribution in [0.25, 0.3) is 0 Å². The van der Waals surface area contributed by atoms with Gasteiger partial charge in [-0.05, 0) is 57.1 Å². The van der Waals surface area contributed by atoms with Crippen LogP contribution in [-0.4, -0.2) is 59.6 Å². The summed E-state index contributed by atoms with van der Waals surface area (Å²) in [5.41, 5.74) is 5.00. The summed E-state index contributed by atoms with van der Waals surface area (Å²) in [5.74, 6) is -1.02. The van der Waals surface area contributed by atoms with Gasteiger partial charge in [0.1, 0.15) is 0 Å². The molecule has 0 N–H and O–H groups in total. The first-order valence-corrected chi connectivity index (χ1v) is 13.2. The van der Waals surface area contributed by atoms with Crippen LogP contribution in [-0.2, 0) is 23.9 Å². The van der Waals surface area contributed by atoms with E-state index in [1.807, 2.05) is 43.2 Å². The predicted molar refractivity (Wildman–Crippen MR) is 139 cm³/mol. The number of hydrogen-bond donors (Lipinski definition) is 0. The number of carbonyl (C=O) groups is 3. The number of allylic oxidation sites excluding steroid dienone is 1. The molecule has 1 aromatic rings. The van der Waals surface area contributed by atoms with E-state index in [-0.39, 0.29) is 24.2 Å². The summed E-state index contributed by atoms with van der Waals surface area (Å²) in [6.07, 6.45) is 1.64. The first-order valence-electron chi connectivity index (χ1n) is 12.3. The number of amides is 1. The average molecular weight is 512 g/mol. The van der Waals surface area contributed by atoms with Crippen molar-refractivity contribution in [2.75, 3.05) is 26.8 Å². The van der Waals surface area contributed by atoms with Crippen LogP contribution in [0, 0.1) is 19.8 Å². The van der Waals surface area contributed by atoms with Gasteiger partial charge < -0.3 is 19.3 Å². The Hall–Kier alpha value is -3.07. The number of rotatable bonds is 6. The quantitative estimate of drug-likeness (QED) is 0.528. The van der Waals surface area contributed by atoms with E-state index in [9.17, 15) is 14.4 Å². The van der Waals surface area contributed by atoms with Gasteiger partial charge in [-0.1, -0.05) is 35.5 Å². The van der Waals surface area contributed by atoms with E-state index in [1.54, 1.807) is 11.8 Å². The molecule has 0 aromatic heterocycles. The maximum Gasteiger partial charge on any atom is 0.338 e. The largest absolute Gasteiger partial charge is 0.466 e. The number of amidine groups is 1. The summed E-state index contributed by atoms with van der Waals surface area (Å²) in [7, 11) is 1.37. The van der Waals surface area contributed by atoms with E-state index in [4.69, 9.17) is 9.47 Å². The van der Waals surface area contributed by atoms with Crippen molar-refractivity contribution in [3.8, 4) is 0 Å². The molecule has 0 spiro atoms. The Morgan fingerprint density at radius 3 is 2.67 bits per heavy atom. The number of aliphatic imine (C=N–C) groups is 1. The van der Waals surface area contributed by atoms with E-state index < -0.39 is 12.0 Å². The molecule has 192 valence electrons. The van der Waals surface area contributed by atoms with Gasteiger partial charge in [-0.15, -0.1) is 0 Å². The van der Waals surface area contributed by atoms with Gasteiger partial charge >= 0.3 is 11.9 Å². The van der Waals surface area contributed by atoms with Gasteiger partial charge in [0.25, 0.3) is 0 Å². The smallest absolute Gasteiger partial charge is 0.338 e. The number of nitrogens with zero attached hydrogens (tertiary/aromatic N) is 3. The standard InChI is InChI=1S/C27H33N3O5S/c1-6-35-25(32)19-8-7-11-29(14-19)22(31)13-20-15-36-27-28-18(4)23(26(33)34-5)24(30(20)27)21-10-9-16(2)12-17(21)3/h9-10,12,15,19,24H,6-8,11,13-14H2,1-5H3. The Bertz CT molecular complexity index is 1170. The SMILES string of the molecule is CCOC(=O)C1CCCN(C(=O)CC2=CSC3=NC(C)=C(C(=O)OC)C(c4ccc(C)cc4C)N23)C1. The lowest BCUT2D eigenvalue weighted by molar-refractivity contribution is -0.151. The van der Waals surface area contributed by atoms with Crippen LogP contribution in [0.2, 0.25) is 0 Å². The molecule has 1 aromatic carbocycles. The Kier molecular flexibility index (Phi) is 7.88. The van der Waals surface area contributed by atoms with E-state index in [1.165, 1.54) is 18.9 Å². The third kappa shape index (κ3) is 5.07. The lowest BCUT2D eigenvalue weighted by atomic mass is 9.90. The van der Waals surface area contributed by atoms with Crippen LogP contribution in [0.15, 0.2) is 45.6 Å². The van der Waals surface area contributed by atoms with E-state index in [0.717, 1.165) is 40.4 Å². The molecular formula is C27H33N3O5S. The molecule has 1 saturated heterocycles. The van der Waals surface area contributed by atoms with Gasteiger partial charge in [0.15, 0.2) is 5.17 Å². The summed E-state index contributed by atoms with van der Waals surface area (Å²) in [4.78, 5) is 47.0. The van der Waals surface area contributed by atoms with E-state index in [0.29, 0.717) is 31.0 Å². The minimum Gasteiger partial charge on any atom is -0.466 e. The number of aryl methyl sites for hydroxylation is 2. The van der Waals surface area contributed by atoms with Crippen molar-refractivity contribution in [2.24, 2.45) is 10.9 Å². The number of benzene rings is 1. The highest BCUT2D eigenvalue weighted by molar-refractivity contribution is 8.16. The highest BCUT2D eigenvalue weighted by Crippen LogP contribution is 2.45. The maximum absolute atomic E-state index is 13.4. The molecule has 3 heterocycles. The van der Waals surface area contributed by atoms with Gasteiger partial charge in [-0.3, -0.25) is 9.59 Å². The van der Waals surface area contributed by atoms with Gasteiger partial charge in [0.2, 0.25) is 5.91 Å². The normalized spacial score (nSPS) is 21.6. The lowest BCUT2D eigenvalue weighted by Gasteiger charge is -2.38. The van der Waals surface area contributed by atoms with Crippen LogP contribution < -0.4 is 0 Å². The van der Waals surface area contributed by atoms with Crippen molar-refractivity contribution in [1.29, 1.82) is 0 Å². The molecule has 3 aliphatic heterocycles. The fourth-order valence-corrected chi connectivity index (χ4v) is 6.05. The third-order valence-corrected chi connectivity index (χ3v) is 7.74. The van der Waals surface area contributed by atoms with Gasteiger partial charge in [-0.2, -0.15) is 0 Å². The first kappa shape index (κ1) is 26.0. The number of thioether (sulfide) groups is 1. The number of fused-ring (bicyclic) bond motifs is 1. The number of piperidine rings is 1. The van der Waals surface area contributed by atoms with Crippen molar-refractivity contribution >= 4 is 34.8 Å². The second-order valence-electron chi connectivity index (χ2n) is 9.35. The molecule has 8 nitrogen and oxygen atoms in total. The Morgan fingerprint density at radius 1 is 1.19 bits per heavy atom. The van der Waals surface area contributed by atoms with Crippen LogP contribution >= 0.6 is 11.8 Å². The van der Waals surface area contributed by atoms with Crippen molar-refractivity contribution in [1.82, 2.24) is 9.80 Å². The van der Waals surface area contributed by atoms with E-state index >= 15 is 0 Å². The molecule has 0 aliphatic carbocycles. The number of carbonyl (C=O) groups excluding carboxylic acids is 3. The summed E-state index contributed by atoms with van der Waals surface area (Å²) in [5, 5.41) is 2.67. The number of likely N-dealkylation sites (tertiary alicyclic amines) is 1. The average Bonchev–Trinajstić information content (AvgIpc) is 3.25. The zero-order chi connectivity index (χ0) is 26.0. The summed E-state index contributed by atoms with van der Waals surface area (Å²) >= 11 is 1.45. The summed E-state index contributed by atoms with van der Waals surface area (Å²) in [6, 6.07) is 5.70. The van der Waals surface area contributed by atoms with Gasteiger partial charge in [0.05, 0.1) is 43.4 Å². The molecule has 4 rings (SSSR count). The summed E-state index contributed by atoms with van der Waals surface area (Å²) in [6.45, 7) is 8.98. The van der Waals surface area contributed by atoms with Crippen LogP contribution in [0.5, 0.6) is 0 Å². The Labute approximate surface area is 216 Å². The fraction of sp³-hybridized carbons (Fsp3) is 0.481.